The maximum Gasteiger partial charge on any atom is 0.0372 e. The zero-order valence-corrected chi connectivity index (χ0v) is 11.2. The van der Waals surface area contributed by atoms with Crippen molar-refractivity contribution in [1.29, 1.82) is 0 Å². The van der Waals surface area contributed by atoms with Crippen LogP contribution in [0.2, 0.25) is 0 Å². The molecule has 2 nitrogen and oxygen atoms in total. The van der Waals surface area contributed by atoms with Gasteiger partial charge in [0.1, 0.15) is 0 Å². The van der Waals surface area contributed by atoms with Crippen LogP contribution in [0.5, 0.6) is 0 Å². The SMILES string of the molecule is CCN(CC1CNc2ccccc2C1)C(C)C. The highest BCUT2D eigenvalue weighted by Gasteiger charge is 2.20. The minimum Gasteiger partial charge on any atom is -0.384 e. The third kappa shape index (κ3) is 3.01. The second kappa shape index (κ2) is 5.54. The standard InChI is InChI=1S/C15H24N2/c1-4-17(12(2)3)11-13-9-14-7-5-6-8-15(14)16-10-13/h5-8,12-13,16H,4,9-11H2,1-3H3. The topological polar surface area (TPSA) is 15.3 Å². The van der Waals surface area contributed by atoms with Gasteiger partial charge in [-0.2, -0.15) is 0 Å². The van der Waals surface area contributed by atoms with Gasteiger partial charge in [0, 0.05) is 24.8 Å². The summed E-state index contributed by atoms with van der Waals surface area (Å²) in [5.74, 6) is 0.743. The van der Waals surface area contributed by atoms with Gasteiger partial charge in [-0.25, -0.2) is 0 Å². The summed E-state index contributed by atoms with van der Waals surface area (Å²) in [6, 6.07) is 9.34. The van der Waals surface area contributed by atoms with Gasteiger partial charge in [0.15, 0.2) is 0 Å². The fourth-order valence-corrected chi connectivity index (χ4v) is 2.67. The van der Waals surface area contributed by atoms with Crippen molar-refractivity contribution in [2.24, 2.45) is 5.92 Å². The van der Waals surface area contributed by atoms with Crippen LogP contribution in [0, 0.1) is 5.92 Å². The number of hydrogen-bond donors (Lipinski definition) is 1. The summed E-state index contributed by atoms with van der Waals surface area (Å²) in [6.07, 6.45) is 1.21. The maximum atomic E-state index is 3.55. The summed E-state index contributed by atoms with van der Waals surface area (Å²) in [7, 11) is 0. The largest absolute Gasteiger partial charge is 0.384 e. The lowest BCUT2D eigenvalue weighted by Gasteiger charge is -2.33. The lowest BCUT2D eigenvalue weighted by molar-refractivity contribution is 0.198. The van der Waals surface area contributed by atoms with Crippen LogP contribution in [0.4, 0.5) is 5.69 Å². The molecule has 0 spiro atoms. The van der Waals surface area contributed by atoms with E-state index >= 15 is 0 Å². The molecule has 2 heteroatoms. The monoisotopic (exact) mass is 232 g/mol. The number of anilines is 1. The van der Waals surface area contributed by atoms with E-state index in [-0.39, 0.29) is 0 Å². The first-order chi connectivity index (χ1) is 8.20. The Morgan fingerprint density at radius 1 is 1.35 bits per heavy atom. The number of fused-ring (bicyclic) bond motifs is 1. The minimum atomic E-state index is 0.650. The average Bonchev–Trinajstić information content (AvgIpc) is 2.35. The van der Waals surface area contributed by atoms with Gasteiger partial charge in [-0.1, -0.05) is 25.1 Å². The van der Waals surface area contributed by atoms with Crippen molar-refractivity contribution in [2.45, 2.75) is 33.2 Å². The number of para-hydroxylation sites is 1. The van der Waals surface area contributed by atoms with Crippen LogP contribution < -0.4 is 5.32 Å². The van der Waals surface area contributed by atoms with Gasteiger partial charge in [0.2, 0.25) is 0 Å². The Labute approximate surface area is 105 Å². The Hall–Kier alpha value is -1.02. The first-order valence-electron chi connectivity index (χ1n) is 6.76. The number of hydrogen-bond acceptors (Lipinski definition) is 2. The van der Waals surface area contributed by atoms with Gasteiger partial charge < -0.3 is 10.2 Å². The summed E-state index contributed by atoms with van der Waals surface area (Å²) < 4.78 is 0. The molecule has 1 atom stereocenters. The van der Waals surface area contributed by atoms with Crippen molar-refractivity contribution in [3.05, 3.63) is 29.8 Å². The predicted molar refractivity (Wildman–Crippen MR) is 74.5 cm³/mol. The molecule has 94 valence electrons. The van der Waals surface area contributed by atoms with Crippen LogP contribution >= 0.6 is 0 Å². The lowest BCUT2D eigenvalue weighted by Crippen LogP contribution is -2.39. The van der Waals surface area contributed by atoms with Crippen LogP contribution in [0.25, 0.3) is 0 Å². The Bertz CT molecular complexity index is 360. The molecule has 1 aliphatic rings. The highest BCUT2D eigenvalue weighted by Crippen LogP contribution is 2.24. The zero-order chi connectivity index (χ0) is 12.3. The maximum absolute atomic E-state index is 3.55. The van der Waals surface area contributed by atoms with Gasteiger partial charge in [-0.15, -0.1) is 0 Å². The number of nitrogens with one attached hydrogen (secondary N) is 1. The second-order valence-electron chi connectivity index (χ2n) is 5.29. The third-order valence-corrected chi connectivity index (χ3v) is 3.74. The van der Waals surface area contributed by atoms with Gasteiger partial charge in [0.05, 0.1) is 0 Å². The first kappa shape index (κ1) is 12.4. The smallest absolute Gasteiger partial charge is 0.0372 e. The Morgan fingerprint density at radius 3 is 2.82 bits per heavy atom. The van der Waals surface area contributed by atoms with Crippen molar-refractivity contribution in [3.8, 4) is 0 Å². The van der Waals surface area contributed by atoms with E-state index in [0.29, 0.717) is 6.04 Å². The minimum absolute atomic E-state index is 0.650. The van der Waals surface area contributed by atoms with Crippen molar-refractivity contribution in [1.82, 2.24) is 4.90 Å². The lowest BCUT2D eigenvalue weighted by atomic mass is 9.93. The molecular formula is C15H24N2. The quantitative estimate of drug-likeness (QED) is 0.858. The molecule has 1 aliphatic heterocycles. The molecule has 0 bridgehead atoms. The summed E-state index contributed by atoms with van der Waals surface area (Å²) in [6.45, 7) is 10.3. The predicted octanol–water partition coefficient (Wildman–Crippen LogP) is 3.00. The fourth-order valence-electron chi connectivity index (χ4n) is 2.67. The van der Waals surface area contributed by atoms with E-state index in [0.717, 1.165) is 19.0 Å². The van der Waals surface area contributed by atoms with E-state index in [1.54, 1.807) is 0 Å². The Kier molecular flexibility index (Phi) is 4.06. The first-order valence-corrected chi connectivity index (χ1v) is 6.76. The summed E-state index contributed by atoms with van der Waals surface area (Å²) in [5, 5.41) is 3.55. The van der Waals surface area contributed by atoms with Gasteiger partial charge >= 0.3 is 0 Å². The molecule has 1 N–H and O–H groups in total. The fraction of sp³-hybridized carbons (Fsp3) is 0.600. The van der Waals surface area contributed by atoms with Gasteiger partial charge in [-0.3, -0.25) is 0 Å². The average molecular weight is 232 g/mol. The summed E-state index contributed by atoms with van der Waals surface area (Å²) in [5.41, 5.74) is 2.81. The van der Waals surface area contributed by atoms with E-state index in [2.05, 4.69) is 55.3 Å². The molecule has 1 aromatic rings. The highest BCUT2D eigenvalue weighted by atomic mass is 15.1. The van der Waals surface area contributed by atoms with Crippen LogP contribution in [-0.2, 0) is 6.42 Å². The van der Waals surface area contributed by atoms with E-state index < -0.39 is 0 Å². The van der Waals surface area contributed by atoms with Crippen LogP contribution in [0.15, 0.2) is 24.3 Å². The van der Waals surface area contributed by atoms with Crippen molar-refractivity contribution < 1.29 is 0 Å². The van der Waals surface area contributed by atoms with E-state index in [9.17, 15) is 0 Å². The van der Waals surface area contributed by atoms with E-state index in [1.165, 1.54) is 24.2 Å². The highest BCUT2D eigenvalue weighted by molar-refractivity contribution is 5.53. The summed E-state index contributed by atoms with van der Waals surface area (Å²) in [4.78, 5) is 2.56. The number of nitrogens with zero attached hydrogens (tertiary/aromatic N) is 1. The van der Waals surface area contributed by atoms with Crippen LogP contribution in [0.3, 0.4) is 0 Å². The molecule has 0 saturated carbocycles. The summed E-state index contributed by atoms with van der Waals surface area (Å²) >= 11 is 0. The second-order valence-corrected chi connectivity index (χ2v) is 5.29. The molecular weight excluding hydrogens is 208 g/mol. The molecule has 0 amide bonds. The van der Waals surface area contributed by atoms with Crippen molar-refractivity contribution in [3.63, 3.8) is 0 Å². The molecule has 0 fully saturated rings. The number of rotatable bonds is 4. The van der Waals surface area contributed by atoms with E-state index in [4.69, 9.17) is 0 Å². The molecule has 1 heterocycles. The molecule has 1 unspecified atom stereocenters. The van der Waals surface area contributed by atoms with Gasteiger partial charge in [-0.05, 0) is 44.4 Å². The van der Waals surface area contributed by atoms with Crippen molar-refractivity contribution in [2.75, 3.05) is 25.0 Å². The van der Waals surface area contributed by atoms with Crippen LogP contribution in [-0.4, -0.2) is 30.6 Å². The molecule has 1 aromatic carbocycles. The molecule has 17 heavy (non-hydrogen) atoms. The molecule has 0 saturated heterocycles. The van der Waals surface area contributed by atoms with Crippen molar-refractivity contribution >= 4 is 5.69 Å². The Balaban J connectivity index is 1.98. The normalized spacial score (nSPS) is 19.2. The van der Waals surface area contributed by atoms with Gasteiger partial charge in [0.25, 0.3) is 0 Å². The molecule has 0 aliphatic carbocycles. The molecule has 0 aromatic heterocycles. The van der Waals surface area contributed by atoms with Crippen LogP contribution in [0.1, 0.15) is 26.3 Å². The molecule has 0 radical (unpaired) electrons. The third-order valence-electron chi connectivity index (χ3n) is 3.74. The Morgan fingerprint density at radius 2 is 2.12 bits per heavy atom. The van der Waals surface area contributed by atoms with E-state index in [1.807, 2.05) is 0 Å². The number of benzene rings is 1. The molecule has 2 rings (SSSR count). The zero-order valence-electron chi connectivity index (χ0n) is 11.2.